The van der Waals surface area contributed by atoms with Crippen LogP contribution in [0.15, 0.2) is 52.9 Å². The maximum atomic E-state index is 12.1. The third kappa shape index (κ3) is 4.48. The first-order valence-electron chi connectivity index (χ1n) is 7.95. The summed E-state index contributed by atoms with van der Waals surface area (Å²) in [6, 6.07) is 12.7. The number of esters is 1. The zero-order valence-corrected chi connectivity index (χ0v) is 14.9. The Morgan fingerprint density at radius 3 is 2.59 bits per heavy atom. The van der Waals surface area contributed by atoms with E-state index in [1.165, 1.54) is 24.3 Å². The molecule has 2 aromatic carbocycles. The molecule has 1 heterocycles. The van der Waals surface area contributed by atoms with Crippen molar-refractivity contribution < 1.29 is 18.9 Å². The molecule has 9 heteroatoms. The van der Waals surface area contributed by atoms with Crippen LogP contribution in [0, 0.1) is 10.1 Å². The number of nitro groups is 1. The van der Waals surface area contributed by atoms with Crippen molar-refractivity contribution in [3.05, 3.63) is 75.1 Å². The van der Waals surface area contributed by atoms with Crippen molar-refractivity contribution in [3.8, 4) is 11.5 Å². The number of carbonyl (C=O) groups excluding carboxylic acids is 1. The summed E-state index contributed by atoms with van der Waals surface area (Å²) in [6.45, 7) is 1.61. The van der Waals surface area contributed by atoms with E-state index in [0.29, 0.717) is 16.1 Å². The number of ether oxygens (including phenoxy) is 1. The maximum absolute atomic E-state index is 12.1. The summed E-state index contributed by atoms with van der Waals surface area (Å²) in [4.78, 5) is 22.3. The Bertz CT molecular complexity index is 971. The zero-order valence-electron chi connectivity index (χ0n) is 14.2. The van der Waals surface area contributed by atoms with Crippen molar-refractivity contribution in [2.75, 3.05) is 0 Å². The highest BCUT2D eigenvalue weighted by Crippen LogP contribution is 2.25. The molecular weight excluding hydrogens is 374 g/mol. The van der Waals surface area contributed by atoms with Crippen LogP contribution >= 0.6 is 11.6 Å². The van der Waals surface area contributed by atoms with Crippen molar-refractivity contribution in [2.24, 2.45) is 0 Å². The van der Waals surface area contributed by atoms with Crippen LogP contribution in [0.3, 0.4) is 0 Å². The summed E-state index contributed by atoms with van der Waals surface area (Å²) in [5.41, 5.74) is 1.14. The number of nitrogens with zero attached hydrogens (tertiary/aromatic N) is 3. The van der Waals surface area contributed by atoms with Gasteiger partial charge in [0.1, 0.15) is 0 Å². The fourth-order valence-electron chi connectivity index (χ4n) is 2.33. The molecule has 27 heavy (non-hydrogen) atoms. The van der Waals surface area contributed by atoms with Crippen LogP contribution in [0.25, 0.3) is 11.5 Å². The van der Waals surface area contributed by atoms with Crippen LogP contribution in [0.2, 0.25) is 5.02 Å². The maximum Gasteiger partial charge on any atom is 0.311 e. The number of nitro benzene ring substituents is 1. The molecule has 0 aliphatic rings. The van der Waals surface area contributed by atoms with Gasteiger partial charge in [0.25, 0.3) is 11.6 Å². The first kappa shape index (κ1) is 18.5. The fourth-order valence-corrected chi connectivity index (χ4v) is 2.53. The van der Waals surface area contributed by atoms with Gasteiger partial charge in [-0.25, -0.2) is 0 Å². The third-order valence-corrected chi connectivity index (χ3v) is 4.08. The number of hydrogen-bond donors (Lipinski definition) is 0. The fraction of sp³-hybridized carbons (Fsp3) is 0.167. The SMILES string of the molecule is C[C@H](OC(=O)Cc1ccccc1Cl)c1nnc(-c2ccc([N+](=O)[O-])cc2)o1. The summed E-state index contributed by atoms with van der Waals surface area (Å²) in [7, 11) is 0. The second-order valence-electron chi connectivity index (χ2n) is 5.65. The van der Waals surface area contributed by atoms with E-state index in [2.05, 4.69) is 10.2 Å². The number of non-ortho nitro benzene ring substituents is 1. The number of aromatic nitrogens is 2. The van der Waals surface area contributed by atoms with Gasteiger partial charge in [-0.05, 0) is 30.7 Å². The molecular formula is C18H14ClN3O5. The standard InChI is InChI=1S/C18H14ClN3O5/c1-11(26-16(23)10-13-4-2-3-5-15(13)19)17-20-21-18(27-17)12-6-8-14(9-7-12)22(24)25/h2-9,11H,10H2,1H3/t11-/m0/s1. The molecule has 0 N–H and O–H groups in total. The van der Waals surface area contributed by atoms with E-state index < -0.39 is 17.0 Å². The first-order chi connectivity index (χ1) is 12.9. The van der Waals surface area contributed by atoms with Gasteiger partial charge in [0, 0.05) is 22.7 Å². The lowest BCUT2D eigenvalue weighted by molar-refractivity contribution is -0.384. The number of rotatable bonds is 6. The third-order valence-electron chi connectivity index (χ3n) is 3.71. The highest BCUT2D eigenvalue weighted by Gasteiger charge is 2.20. The molecule has 0 amide bonds. The van der Waals surface area contributed by atoms with Crippen LogP contribution in [0.1, 0.15) is 24.5 Å². The van der Waals surface area contributed by atoms with E-state index in [4.69, 9.17) is 20.8 Å². The molecule has 3 rings (SSSR count). The Kier molecular flexibility index (Phi) is 5.46. The normalized spacial score (nSPS) is 11.8. The highest BCUT2D eigenvalue weighted by molar-refractivity contribution is 6.31. The average molecular weight is 388 g/mol. The quantitative estimate of drug-likeness (QED) is 0.355. The van der Waals surface area contributed by atoms with Gasteiger partial charge >= 0.3 is 5.97 Å². The molecule has 0 bridgehead atoms. The Balaban J connectivity index is 1.66. The number of carbonyl (C=O) groups is 1. The predicted octanol–water partition coefficient (Wildman–Crippen LogP) is 4.15. The van der Waals surface area contributed by atoms with E-state index in [1.54, 1.807) is 31.2 Å². The molecule has 138 valence electrons. The lowest BCUT2D eigenvalue weighted by Gasteiger charge is -2.10. The summed E-state index contributed by atoms with van der Waals surface area (Å²) in [6.07, 6.45) is -0.729. The van der Waals surface area contributed by atoms with E-state index in [9.17, 15) is 14.9 Å². The minimum atomic E-state index is -0.751. The van der Waals surface area contributed by atoms with Crippen LogP contribution in [-0.2, 0) is 16.0 Å². The molecule has 1 aromatic heterocycles. The van der Waals surface area contributed by atoms with Gasteiger partial charge in [0.15, 0.2) is 6.10 Å². The first-order valence-corrected chi connectivity index (χ1v) is 8.33. The molecule has 8 nitrogen and oxygen atoms in total. The molecule has 0 unspecified atom stereocenters. The van der Waals surface area contributed by atoms with Gasteiger partial charge < -0.3 is 9.15 Å². The van der Waals surface area contributed by atoms with Crippen molar-refractivity contribution in [3.63, 3.8) is 0 Å². The average Bonchev–Trinajstić information content (AvgIpc) is 3.14. The Morgan fingerprint density at radius 1 is 1.22 bits per heavy atom. The monoisotopic (exact) mass is 387 g/mol. The highest BCUT2D eigenvalue weighted by atomic mass is 35.5. The molecule has 3 aromatic rings. The summed E-state index contributed by atoms with van der Waals surface area (Å²) >= 11 is 6.03. The van der Waals surface area contributed by atoms with Gasteiger partial charge in [0.2, 0.25) is 5.89 Å². The van der Waals surface area contributed by atoms with Gasteiger partial charge in [-0.3, -0.25) is 14.9 Å². The molecule has 1 atom stereocenters. The smallest absolute Gasteiger partial charge is 0.311 e. The zero-order chi connectivity index (χ0) is 19.4. The molecule has 0 radical (unpaired) electrons. The van der Waals surface area contributed by atoms with Gasteiger partial charge in [-0.2, -0.15) is 0 Å². The van der Waals surface area contributed by atoms with Crippen molar-refractivity contribution in [1.29, 1.82) is 0 Å². The minimum absolute atomic E-state index is 0.0212. The Hall–Kier alpha value is -3.26. The molecule has 0 fully saturated rings. The lowest BCUT2D eigenvalue weighted by atomic mass is 10.1. The molecule has 0 saturated heterocycles. The Morgan fingerprint density at radius 2 is 1.93 bits per heavy atom. The molecule has 0 aliphatic carbocycles. The van der Waals surface area contributed by atoms with Crippen LogP contribution in [0.5, 0.6) is 0 Å². The number of halogens is 1. The van der Waals surface area contributed by atoms with Gasteiger partial charge in [0.05, 0.1) is 11.3 Å². The Labute approximate surface area is 158 Å². The minimum Gasteiger partial charge on any atom is -0.452 e. The number of benzene rings is 2. The lowest BCUT2D eigenvalue weighted by Crippen LogP contribution is -2.12. The molecule has 0 saturated carbocycles. The van der Waals surface area contributed by atoms with E-state index in [-0.39, 0.29) is 23.9 Å². The van der Waals surface area contributed by atoms with Gasteiger partial charge in [-0.15, -0.1) is 10.2 Å². The van der Waals surface area contributed by atoms with Crippen LogP contribution < -0.4 is 0 Å². The van der Waals surface area contributed by atoms with Gasteiger partial charge in [-0.1, -0.05) is 29.8 Å². The van der Waals surface area contributed by atoms with Crippen LogP contribution in [0.4, 0.5) is 5.69 Å². The van der Waals surface area contributed by atoms with Crippen molar-refractivity contribution in [2.45, 2.75) is 19.4 Å². The number of hydrogen-bond acceptors (Lipinski definition) is 7. The predicted molar refractivity (Wildman–Crippen MR) is 96.1 cm³/mol. The second kappa shape index (κ2) is 7.96. The summed E-state index contributed by atoms with van der Waals surface area (Å²) in [5.74, 6) is -0.185. The topological polar surface area (TPSA) is 108 Å². The van der Waals surface area contributed by atoms with Crippen LogP contribution in [-0.4, -0.2) is 21.1 Å². The molecule has 0 spiro atoms. The van der Waals surface area contributed by atoms with E-state index in [1.807, 2.05) is 0 Å². The summed E-state index contributed by atoms with van der Waals surface area (Å²) < 4.78 is 10.8. The van der Waals surface area contributed by atoms with Crippen molar-refractivity contribution in [1.82, 2.24) is 10.2 Å². The van der Waals surface area contributed by atoms with E-state index in [0.717, 1.165) is 0 Å². The summed E-state index contributed by atoms with van der Waals surface area (Å²) in [5, 5.41) is 18.9. The van der Waals surface area contributed by atoms with Crippen molar-refractivity contribution >= 4 is 23.3 Å². The molecule has 0 aliphatic heterocycles. The van der Waals surface area contributed by atoms with E-state index >= 15 is 0 Å². The largest absolute Gasteiger partial charge is 0.452 e. The second-order valence-corrected chi connectivity index (χ2v) is 6.06.